The van der Waals surface area contributed by atoms with Crippen molar-refractivity contribution in [2.45, 2.75) is 64.4 Å². The molecule has 0 unspecified atom stereocenters. The van der Waals surface area contributed by atoms with E-state index in [9.17, 15) is 14.7 Å². The van der Waals surface area contributed by atoms with Gasteiger partial charge in [-0.05, 0) is 56.2 Å². The molecule has 236 valence electrons. The molecule has 6 rings (SSSR count). The number of piperidine rings is 1. The maximum Gasteiger partial charge on any atom is 0.407 e. The summed E-state index contributed by atoms with van der Waals surface area (Å²) in [6.45, 7) is 8.25. The zero-order valence-corrected chi connectivity index (χ0v) is 26.6. The maximum atomic E-state index is 13.6. The van der Waals surface area contributed by atoms with E-state index >= 15 is 0 Å². The number of nitrogens with one attached hydrogen (secondary N) is 1. The first kappa shape index (κ1) is 30.5. The highest BCUT2D eigenvalue weighted by molar-refractivity contribution is 5.89. The predicted molar refractivity (Wildman–Crippen MR) is 174 cm³/mol. The smallest absolute Gasteiger partial charge is 0.407 e. The van der Waals surface area contributed by atoms with Crippen molar-refractivity contribution in [1.29, 1.82) is 0 Å². The Bertz CT molecular complexity index is 1910. The normalized spacial score (nSPS) is 15.5. The summed E-state index contributed by atoms with van der Waals surface area (Å²) in [5, 5.41) is 20.0. The van der Waals surface area contributed by atoms with Crippen molar-refractivity contribution in [3.8, 4) is 11.3 Å². The van der Waals surface area contributed by atoms with Gasteiger partial charge in [-0.15, -0.1) is 0 Å². The number of nitrogens with zero attached hydrogens (tertiary/aromatic N) is 6. The molecule has 1 aliphatic heterocycles. The standard InChI is InChI=1S/C34H41N7O4/c1-33(2,3)45-32(43)35-19-23-9-11-25(12-10-23)30-27-28(37-39(30)5)31(42)41(22-36-27)21-34(44)14-17-40(18-15-34)20-26-8-6-7-24-13-16-38(4)29(24)26/h6-13,16,22,44H,14-15,17-21H2,1-5H3,(H,35,43). The van der Waals surface area contributed by atoms with Crippen molar-refractivity contribution in [1.82, 2.24) is 34.1 Å². The molecular weight excluding hydrogens is 570 g/mol. The fourth-order valence-electron chi connectivity index (χ4n) is 6.21. The Balaban J connectivity index is 1.13. The van der Waals surface area contributed by atoms with Gasteiger partial charge < -0.3 is 19.7 Å². The number of benzene rings is 2. The van der Waals surface area contributed by atoms with Crippen LogP contribution in [0.15, 0.2) is 65.8 Å². The van der Waals surface area contributed by atoms with E-state index in [4.69, 9.17) is 4.74 Å². The topological polar surface area (TPSA) is 119 Å². The van der Waals surface area contributed by atoms with E-state index in [1.165, 1.54) is 27.4 Å². The number of aryl methyl sites for hydroxylation is 2. The van der Waals surface area contributed by atoms with Crippen LogP contribution in [-0.2, 0) is 38.5 Å². The molecule has 0 aliphatic carbocycles. The van der Waals surface area contributed by atoms with E-state index in [2.05, 4.69) is 62.4 Å². The second kappa shape index (κ2) is 11.8. The summed E-state index contributed by atoms with van der Waals surface area (Å²) in [5.74, 6) is 0. The highest BCUT2D eigenvalue weighted by Crippen LogP contribution is 2.29. The van der Waals surface area contributed by atoms with Crippen LogP contribution in [0.4, 0.5) is 4.79 Å². The minimum absolute atomic E-state index is 0.168. The van der Waals surface area contributed by atoms with Gasteiger partial charge in [-0.2, -0.15) is 5.10 Å². The summed E-state index contributed by atoms with van der Waals surface area (Å²) in [6.07, 6.45) is 4.25. The minimum atomic E-state index is -1.01. The third-order valence-corrected chi connectivity index (χ3v) is 8.50. The van der Waals surface area contributed by atoms with Gasteiger partial charge in [0.05, 0.1) is 29.7 Å². The van der Waals surface area contributed by atoms with Gasteiger partial charge in [0.1, 0.15) is 11.1 Å². The minimum Gasteiger partial charge on any atom is -0.444 e. The Hall–Kier alpha value is -4.48. The molecule has 1 fully saturated rings. The lowest BCUT2D eigenvalue weighted by Crippen LogP contribution is -2.47. The number of hydrogen-bond acceptors (Lipinski definition) is 7. The van der Waals surface area contributed by atoms with Crippen LogP contribution in [0, 0.1) is 0 Å². The average Bonchev–Trinajstić information content (AvgIpc) is 3.54. The van der Waals surface area contributed by atoms with Crippen LogP contribution in [0.3, 0.4) is 0 Å². The lowest BCUT2D eigenvalue weighted by atomic mass is 9.91. The number of aliphatic hydroxyl groups is 1. The summed E-state index contributed by atoms with van der Waals surface area (Å²) in [6, 6.07) is 16.2. The molecule has 45 heavy (non-hydrogen) atoms. The van der Waals surface area contributed by atoms with Crippen LogP contribution in [0.25, 0.3) is 33.2 Å². The van der Waals surface area contributed by atoms with Crippen molar-refractivity contribution in [2.24, 2.45) is 14.1 Å². The SMILES string of the molecule is Cn1nc2c(=O)n(CC3(O)CCN(Cc4cccc5ccn(C)c45)CC3)cnc2c1-c1ccc(CNC(=O)OC(C)(C)C)cc1. The quantitative estimate of drug-likeness (QED) is 0.281. The van der Waals surface area contributed by atoms with Gasteiger partial charge in [0.25, 0.3) is 5.56 Å². The molecule has 0 atom stereocenters. The lowest BCUT2D eigenvalue weighted by molar-refractivity contribution is -0.0364. The molecule has 11 nitrogen and oxygen atoms in total. The first-order chi connectivity index (χ1) is 21.4. The van der Waals surface area contributed by atoms with Crippen molar-refractivity contribution in [2.75, 3.05) is 13.1 Å². The summed E-state index contributed by atoms with van der Waals surface area (Å²) in [5.41, 5.74) is 3.93. The Kier molecular flexibility index (Phi) is 8.00. The molecular formula is C34H41N7O4. The average molecular weight is 612 g/mol. The van der Waals surface area contributed by atoms with Crippen LogP contribution in [-0.4, -0.2) is 64.3 Å². The Morgan fingerprint density at radius 1 is 1.04 bits per heavy atom. The van der Waals surface area contributed by atoms with Gasteiger partial charge in [-0.25, -0.2) is 9.78 Å². The zero-order valence-electron chi connectivity index (χ0n) is 26.6. The summed E-state index contributed by atoms with van der Waals surface area (Å²) in [4.78, 5) is 32.6. The van der Waals surface area contributed by atoms with Crippen molar-refractivity contribution >= 4 is 28.0 Å². The highest BCUT2D eigenvalue weighted by atomic mass is 16.6. The van der Waals surface area contributed by atoms with Crippen LogP contribution in [0.2, 0.25) is 0 Å². The molecule has 1 amide bonds. The molecule has 0 spiro atoms. The van der Waals surface area contributed by atoms with E-state index in [0.717, 1.165) is 36.5 Å². The van der Waals surface area contributed by atoms with E-state index in [-0.39, 0.29) is 17.6 Å². The molecule has 1 aliphatic rings. The number of fused-ring (bicyclic) bond motifs is 2. The Morgan fingerprint density at radius 3 is 2.49 bits per heavy atom. The van der Waals surface area contributed by atoms with Gasteiger partial charge in [0, 0.05) is 52.0 Å². The predicted octanol–water partition coefficient (Wildman–Crippen LogP) is 4.34. The number of alkyl carbamates (subject to hydrolysis) is 1. The van der Waals surface area contributed by atoms with Crippen LogP contribution in [0.1, 0.15) is 44.7 Å². The molecule has 0 radical (unpaired) electrons. The number of para-hydroxylation sites is 1. The number of amides is 1. The van der Waals surface area contributed by atoms with E-state index < -0.39 is 17.3 Å². The fourth-order valence-corrected chi connectivity index (χ4v) is 6.21. The van der Waals surface area contributed by atoms with E-state index in [1.54, 1.807) is 11.7 Å². The first-order valence-corrected chi connectivity index (χ1v) is 15.4. The van der Waals surface area contributed by atoms with Crippen molar-refractivity contribution < 1.29 is 14.6 Å². The molecule has 1 saturated heterocycles. The summed E-state index contributed by atoms with van der Waals surface area (Å²) < 4.78 is 10.6. The first-order valence-electron chi connectivity index (χ1n) is 15.4. The molecule has 5 aromatic rings. The van der Waals surface area contributed by atoms with Gasteiger partial charge in [-0.1, -0.05) is 42.5 Å². The van der Waals surface area contributed by atoms with Gasteiger partial charge in [0.2, 0.25) is 0 Å². The second-order valence-electron chi connectivity index (χ2n) is 13.2. The fraction of sp³-hybridized carbons (Fsp3) is 0.412. The van der Waals surface area contributed by atoms with Gasteiger partial charge >= 0.3 is 6.09 Å². The molecule has 3 aromatic heterocycles. The monoisotopic (exact) mass is 611 g/mol. The molecule has 0 saturated carbocycles. The highest BCUT2D eigenvalue weighted by Gasteiger charge is 2.33. The number of hydrogen-bond donors (Lipinski definition) is 2. The number of carbonyl (C=O) groups excluding carboxylic acids is 1. The van der Waals surface area contributed by atoms with E-state index in [1.807, 2.05) is 45.0 Å². The van der Waals surface area contributed by atoms with Crippen LogP contribution >= 0.6 is 0 Å². The maximum absolute atomic E-state index is 13.6. The second-order valence-corrected chi connectivity index (χ2v) is 13.2. The lowest BCUT2D eigenvalue weighted by Gasteiger charge is -2.38. The van der Waals surface area contributed by atoms with Gasteiger partial charge in [0.15, 0.2) is 5.52 Å². The Labute approximate surface area is 262 Å². The zero-order chi connectivity index (χ0) is 31.9. The molecule has 11 heteroatoms. The number of aromatic nitrogens is 5. The molecule has 0 bridgehead atoms. The Morgan fingerprint density at radius 2 is 1.78 bits per heavy atom. The van der Waals surface area contributed by atoms with Crippen LogP contribution in [0.5, 0.6) is 0 Å². The van der Waals surface area contributed by atoms with Crippen molar-refractivity contribution in [3.63, 3.8) is 0 Å². The number of likely N-dealkylation sites (tertiary alicyclic amines) is 1. The van der Waals surface area contributed by atoms with Crippen LogP contribution < -0.4 is 10.9 Å². The number of ether oxygens (including phenoxy) is 1. The van der Waals surface area contributed by atoms with E-state index in [0.29, 0.717) is 24.9 Å². The molecule has 4 heterocycles. The third-order valence-electron chi connectivity index (χ3n) is 8.50. The molecule has 2 aromatic carbocycles. The number of rotatable bonds is 7. The summed E-state index contributed by atoms with van der Waals surface area (Å²) >= 11 is 0. The summed E-state index contributed by atoms with van der Waals surface area (Å²) in [7, 11) is 3.86. The van der Waals surface area contributed by atoms with Gasteiger partial charge in [-0.3, -0.25) is 18.9 Å². The largest absolute Gasteiger partial charge is 0.444 e. The number of carbonyl (C=O) groups is 1. The van der Waals surface area contributed by atoms with Crippen molar-refractivity contribution in [3.05, 3.63) is 82.5 Å². The molecule has 2 N–H and O–H groups in total. The third kappa shape index (κ3) is 6.50.